The topological polar surface area (TPSA) is 43.4 Å². The van der Waals surface area contributed by atoms with E-state index in [1.54, 1.807) is 0 Å². The van der Waals surface area contributed by atoms with Gasteiger partial charge in [-0.2, -0.15) is 0 Å². The first-order chi connectivity index (χ1) is 5.34. The summed E-state index contributed by atoms with van der Waals surface area (Å²) in [4.78, 5) is 21.0. The molecule has 1 saturated heterocycles. The molecule has 0 N–H and O–H groups in total. The predicted octanol–water partition coefficient (Wildman–Crippen LogP) is 0.571. The molecule has 1 atom stereocenters. The predicted molar refractivity (Wildman–Crippen MR) is 39.2 cm³/mol. The first kappa shape index (κ1) is 8.40. The van der Waals surface area contributed by atoms with E-state index in [1.807, 2.05) is 0 Å². The molecule has 0 radical (unpaired) electrons. The van der Waals surface area contributed by atoms with Crippen LogP contribution < -0.4 is 0 Å². The number of Topliss-reactive ketones (excluding diaryl/α,β-unsaturated/α-hetero) is 1. The van der Waals surface area contributed by atoms with Crippen LogP contribution in [0.2, 0.25) is 0 Å². The quantitative estimate of drug-likeness (QED) is 0.433. The molecule has 1 aliphatic heterocycles. The van der Waals surface area contributed by atoms with E-state index in [4.69, 9.17) is 4.74 Å². The highest BCUT2D eigenvalue weighted by atomic mass is 16.5. The molecule has 0 amide bonds. The van der Waals surface area contributed by atoms with E-state index in [1.165, 1.54) is 0 Å². The summed E-state index contributed by atoms with van der Waals surface area (Å²) in [5.41, 5.74) is 0. The van der Waals surface area contributed by atoms with Crippen molar-refractivity contribution in [3.05, 3.63) is 0 Å². The molecule has 1 fully saturated rings. The van der Waals surface area contributed by atoms with E-state index in [2.05, 4.69) is 0 Å². The Morgan fingerprint density at radius 1 is 1.36 bits per heavy atom. The molecule has 0 bridgehead atoms. The van der Waals surface area contributed by atoms with Crippen molar-refractivity contribution < 1.29 is 14.3 Å². The Kier molecular flexibility index (Phi) is 3.23. The van der Waals surface area contributed by atoms with Gasteiger partial charge in [0.2, 0.25) is 0 Å². The number of hydrogen-bond acceptors (Lipinski definition) is 3. The average Bonchev–Trinajstić information content (AvgIpc) is 2.30. The molecule has 3 nitrogen and oxygen atoms in total. The Morgan fingerprint density at radius 2 is 2.18 bits per heavy atom. The number of carbonyl (C=O) groups is 2. The van der Waals surface area contributed by atoms with Crippen LogP contribution >= 0.6 is 0 Å². The maximum Gasteiger partial charge on any atom is 0.198 e. The average molecular weight is 156 g/mol. The van der Waals surface area contributed by atoms with Gasteiger partial charge in [-0.3, -0.25) is 9.59 Å². The van der Waals surface area contributed by atoms with Gasteiger partial charge in [-0.15, -0.1) is 0 Å². The van der Waals surface area contributed by atoms with Crippen LogP contribution in [0.4, 0.5) is 0 Å². The molecule has 1 unspecified atom stereocenters. The zero-order valence-corrected chi connectivity index (χ0v) is 6.41. The van der Waals surface area contributed by atoms with E-state index in [-0.39, 0.29) is 11.7 Å². The third-order valence-corrected chi connectivity index (χ3v) is 1.97. The van der Waals surface area contributed by atoms with E-state index >= 15 is 0 Å². The standard InChI is InChI=1S/C8H12O3/c9-6-8(10)7-2-1-4-11-5-3-7/h6-7H,1-5H2. The largest absolute Gasteiger partial charge is 0.381 e. The summed E-state index contributed by atoms with van der Waals surface area (Å²) in [7, 11) is 0. The molecule has 62 valence electrons. The Labute approximate surface area is 65.7 Å². The molecular formula is C8H12O3. The molecule has 11 heavy (non-hydrogen) atoms. The number of carbonyl (C=O) groups excluding carboxylic acids is 2. The van der Waals surface area contributed by atoms with Crippen molar-refractivity contribution in [3.8, 4) is 0 Å². The van der Waals surface area contributed by atoms with E-state index in [9.17, 15) is 9.59 Å². The molecule has 1 heterocycles. The Bertz CT molecular complexity index is 145. The van der Waals surface area contributed by atoms with Gasteiger partial charge in [0.1, 0.15) is 0 Å². The van der Waals surface area contributed by atoms with Crippen molar-refractivity contribution in [2.24, 2.45) is 5.92 Å². The van der Waals surface area contributed by atoms with Gasteiger partial charge in [0.05, 0.1) is 0 Å². The lowest BCUT2D eigenvalue weighted by Crippen LogP contribution is -2.15. The van der Waals surface area contributed by atoms with Crippen molar-refractivity contribution in [2.45, 2.75) is 19.3 Å². The van der Waals surface area contributed by atoms with Crippen LogP contribution in [-0.4, -0.2) is 25.3 Å². The molecule has 0 aromatic carbocycles. The second-order valence-electron chi connectivity index (χ2n) is 2.76. The van der Waals surface area contributed by atoms with Crippen LogP contribution in [0.5, 0.6) is 0 Å². The van der Waals surface area contributed by atoms with Gasteiger partial charge in [-0.1, -0.05) is 0 Å². The normalized spacial score (nSPS) is 25.6. The highest BCUT2D eigenvalue weighted by Crippen LogP contribution is 2.15. The molecule has 0 aromatic rings. The van der Waals surface area contributed by atoms with Crippen molar-refractivity contribution >= 4 is 12.1 Å². The molecule has 1 rings (SSSR count). The minimum atomic E-state index is -0.268. The third-order valence-electron chi connectivity index (χ3n) is 1.97. The van der Waals surface area contributed by atoms with Crippen LogP contribution in [-0.2, 0) is 14.3 Å². The number of ketones is 1. The minimum Gasteiger partial charge on any atom is -0.381 e. The lowest BCUT2D eigenvalue weighted by Gasteiger charge is -2.05. The summed E-state index contributed by atoms with van der Waals surface area (Å²) in [6.07, 6.45) is 2.83. The SMILES string of the molecule is O=CC(=O)C1CCCOCC1. The van der Waals surface area contributed by atoms with Gasteiger partial charge in [-0.05, 0) is 19.3 Å². The summed E-state index contributed by atoms with van der Waals surface area (Å²) in [6, 6.07) is 0. The number of ether oxygens (including phenoxy) is 1. The van der Waals surface area contributed by atoms with Crippen LogP contribution in [0.25, 0.3) is 0 Å². The van der Waals surface area contributed by atoms with Gasteiger partial charge in [0, 0.05) is 19.1 Å². The summed E-state index contributed by atoms with van der Waals surface area (Å²) in [6.45, 7) is 1.34. The molecule has 0 spiro atoms. The van der Waals surface area contributed by atoms with Crippen LogP contribution in [0, 0.1) is 5.92 Å². The first-order valence-electron chi connectivity index (χ1n) is 3.91. The number of rotatable bonds is 2. The fraction of sp³-hybridized carbons (Fsp3) is 0.750. The Hall–Kier alpha value is -0.700. The zero-order valence-electron chi connectivity index (χ0n) is 6.41. The summed E-state index contributed by atoms with van der Waals surface area (Å²) in [5.74, 6) is -0.342. The van der Waals surface area contributed by atoms with Crippen molar-refractivity contribution in [2.75, 3.05) is 13.2 Å². The van der Waals surface area contributed by atoms with E-state index in [0.29, 0.717) is 19.3 Å². The van der Waals surface area contributed by atoms with Gasteiger partial charge in [0.15, 0.2) is 12.1 Å². The smallest absolute Gasteiger partial charge is 0.198 e. The zero-order chi connectivity index (χ0) is 8.10. The second kappa shape index (κ2) is 4.23. The molecule has 3 heteroatoms. The van der Waals surface area contributed by atoms with Gasteiger partial charge < -0.3 is 4.74 Å². The molecular weight excluding hydrogens is 144 g/mol. The molecule has 1 aliphatic rings. The third kappa shape index (κ3) is 2.42. The highest BCUT2D eigenvalue weighted by Gasteiger charge is 2.18. The van der Waals surface area contributed by atoms with E-state index < -0.39 is 0 Å². The summed E-state index contributed by atoms with van der Waals surface area (Å²) >= 11 is 0. The first-order valence-corrected chi connectivity index (χ1v) is 3.91. The number of hydrogen-bond donors (Lipinski definition) is 0. The van der Waals surface area contributed by atoms with Gasteiger partial charge in [-0.25, -0.2) is 0 Å². The summed E-state index contributed by atoms with van der Waals surface area (Å²) in [5, 5.41) is 0. The molecule has 0 aromatic heterocycles. The van der Waals surface area contributed by atoms with Gasteiger partial charge >= 0.3 is 0 Å². The lowest BCUT2D eigenvalue weighted by molar-refractivity contribution is -0.132. The highest BCUT2D eigenvalue weighted by molar-refractivity contribution is 6.25. The van der Waals surface area contributed by atoms with Crippen molar-refractivity contribution in [1.29, 1.82) is 0 Å². The lowest BCUT2D eigenvalue weighted by atomic mass is 9.97. The Morgan fingerprint density at radius 3 is 2.91 bits per heavy atom. The monoisotopic (exact) mass is 156 g/mol. The molecule has 0 aliphatic carbocycles. The minimum absolute atomic E-state index is 0.0741. The second-order valence-corrected chi connectivity index (χ2v) is 2.76. The maximum absolute atomic E-state index is 10.9. The van der Waals surface area contributed by atoms with Crippen molar-refractivity contribution in [1.82, 2.24) is 0 Å². The molecule has 0 saturated carbocycles. The number of aldehydes is 1. The fourth-order valence-electron chi connectivity index (χ4n) is 1.28. The maximum atomic E-state index is 10.9. The van der Waals surface area contributed by atoms with Crippen molar-refractivity contribution in [3.63, 3.8) is 0 Å². The van der Waals surface area contributed by atoms with Crippen LogP contribution in [0.1, 0.15) is 19.3 Å². The van der Waals surface area contributed by atoms with E-state index in [0.717, 1.165) is 19.4 Å². The summed E-state index contributed by atoms with van der Waals surface area (Å²) < 4.78 is 5.15. The van der Waals surface area contributed by atoms with Crippen LogP contribution in [0.15, 0.2) is 0 Å². The Balaban J connectivity index is 2.42. The van der Waals surface area contributed by atoms with Gasteiger partial charge in [0.25, 0.3) is 0 Å². The van der Waals surface area contributed by atoms with Crippen LogP contribution in [0.3, 0.4) is 0 Å². The fourth-order valence-corrected chi connectivity index (χ4v) is 1.28.